The first-order valence-corrected chi connectivity index (χ1v) is 8.47. The first-order valence-electron chi connectivity index (χ1n) is 5.05. The second-order valence-electron chi connectivity index (χ2n) is 3.89. The lowest BCUT2D eigenvalue weighted by atomic mass is 10.4. The summed E-state index contributed by atoms with van der Waals surface area (Å²) in [6.45, 7) is 2.59. The van der Waals surface area contributed by atoms with Gasteiger partial charge in [0.1, 0.15) is 4.21 Å². The van der Waals surface area contributed by atoms with Crippen LogP contribution in [0.15, 0.2) is 14.1 Å². The van der Waals surface area contributed by atoms with Crippen molar-refractivity contribution in [3.8, 4) is 0 Å². The van der Waals surface area contributed by atoms with Gasteiger partial charge in [-0.2, -0.15) is 4.31 Å². The van der Waals surface area contributed by atoms with Crippen LogP contribution >= 0.6 is 38.9 Å². The summed E-state index contributed by atoms with van der Waals surface area (Å²) in [4.78, 5) is 2.11. The fourth-order valence-electron chi connectivity index (χ4n) is 1.61. The molecule has 0 atom stereocenters. The van der Waals surface area contributed by atoms with Gasteiger partial charge in [-0.3, -0.25) is 0 Å². The van der Waals surface area contributed by atoms with E-state index in [1.807, 2.05) is 7.05 Å². The van der Waals surface area contributed by atoms with Crippen LogP contribution in [0.5, 0.6) is 0 Å². The molecule has 1 aliphatic rings. The molecule has 0 radical (unpaired) electrons. The molecule has 1 aliphatic heterocycles. The smallest absolute Gasteiger partial charge is 0.252 e. The van der Waals surface area contributed by atoms with Crippen molar-refractivity contribution in [2.24, 2.45) is 0 Å². The van der Waals surface area contributed by atoms with Crippen molar-refractivity contribution in [3.63, 3.8) is 0 Å². The maximum absolute atomic E-state index is 12.3. The van der Waals surface area contributed by atoms with E-state index >= 15 is 0 Å². The van der Waals surface area contributed by atoms with Crippen molar-refractivity contribution in [1.29, 1.82) is 0 Å². The van der Waals surface area contributed by atoms with Crippen LogP contribution in [0.25, 0.3) is 0 Å². The number of piperazine rings is 1. The summed E-state index contributed by atoms with van der Waals surface area (Å²) in [5.74, 6) is 0. The van der Waals surface area contributed by atoms with Crippen LogP contribution in [0.4, 0.5) is 0 Å². The van der Waals surface area contributed by atoms with Gasteiger partial charge in [0.15, 0.2) is 0 Å². The zero-order valence-electron chi connectivity index (χ0n) is 9.19. The summed E-state index contributed by atoms with van der Waals surface area (Å²) < 4.78 is 27.1. The van der Waals surface area contributed by atoms with E-state index in [-0.39, 0.29) is 0 Å². The first-order chi connectivity index (χ1) is 7.91. The van der Waals surface area contributed by atoms with Gasteiger partial charge < -0.3 is 4.90 Å². The minimum atomic E-state index is -3.38. The molecule has 0 aliphatic carbocycles. The molecule has 1 aromatic rings. The zero-order chi connectivity index (χ0) is 12.6. The lowest BCUT2D eigenvalue weighted by Gasteiger charge is -2.31. The summed E-state index contributed by atoms with van der Waals surface area (Å²) in [5.41, 5.74) is 0. The molecule has 0 saturated carbocycles. The molecule has 8 heteroatoms. The molecule has 1 fully saturated rings. The monoisotopic (exact) mass is 358 g/mol. The first kappa shape index (κ1) is 13.8. The van der Waals surface area contributed by atoms with E-state index in [4.69, 9.17) is 11.6 Å². The van der Waals surface area contributed by atoms with E-state index in [1.165, 1.54) is 10.4 Å². The number of nitrogens with zero attached hydrogens (tertiary/aromatic N) is 2. The van der Waals surface area contributed by atoms with Gasteiger partial charge in [-0.05, 0) is 29.0 Å². The molecule has 0 N–H and O–H groups in total. The summed E-state index contributed by atoms with van der Waals surface area (Å²) >= 11 is 10.3. The van der Waals surface area contributed by atoms with Crippen molar-refractivity contribution in [1.82, 2.24) is 9.21 Å². The van der Waals surface area contributed by atoms with Crippen LogP contribution in [-0.2, 0) is 10.0 Å². The molecule has 0 spiro atoms. The predicted octanol–water partition coefficient (Wildman–Crippen LogP) is 2.10. The molecule has 2 heterocycles. The molecule has 2 rings (SSSR count). The van der Waals surface area contributed by atoms with E-state index in [1.54, 1.807) is 0 Å². The lowest BCUT2D eigenvalue weighted by molar-refractivity contribution is 0.222. The van der Waals surface area contributed by atoms with E-state index in [2.05, 4.69) is 20.8 Å². The second kappa shape index (κ2) is 5.14. The Labute approximate surface area is 118 Å². The fourth-order valence-corrected chi connectivity index (χ4v) is 5.59. The number of rotatable bonds is 2. The number of sulfonamides is 1. The summed E-state index contributed by atoms with van der Waals surface area (Å²) in [6, 6.07) is 1.50. The molecular weight excluding hydrogens is 348 g/mol. The Morgan fingerprint density at radius 2 is 1.94 bits per heavy atom. The number of likely N-dealkylation sites (N-methyl/N-ethyl adjacent to an activating group) is 1. The number of halogens is 2. The van der Waals surface area contributed by atoms with Crippen LogP contribution in [0.3, 0.4) is 0 Å². The highest BCUT2D eigenvalue weighted by atomic mass is 79.9. The highest BCUT2D eigenvalue weighted by Crippen LogP contribution is 2.36. The average Bonchev–Trinajstić information content (AvgIpc) is 2.60. The van der Waals surface area contributed by atoms with E-state index in [9.17, 15) is 8.42 Å². The van der Waals surface area contributed by atoms with Crippen LogP contribution in [0, 0.1) is 0 Å². The van der Waals surface area contributed by atoms with Crippen molar-refractivity contribution in [3.05, 3.63) is 14.9 Å². The van der Waals surface area contributed by atoms with Crippen LogP contribution in [0.2, 0.25) is 5.02 Å². The van der Waals surface area contributed by atoms with Crippen molar-refractivity contribution in [2.45, 2.75) is 4.21 Å². The van der Waals surface area contributed by atoms with Gasteiger partial charge in [0.25, 0.3) is 10.0 Å². The second-order valence-corrected chi connectivity index (χ2v) is 8.84. The van der Waals surface area contributed by atoms with Gasteiger partial charge in [-0.1, -0.05) is 11.6 Å². The minimum Gasteiger partial charge on any atom is -0.304 e. The van der Waals surface area contributed by atoms with E-state index in [0.29, 0.717) is 26.1 Å². The predicted molar refractivity (Wildman–Crippen MR) is 73.3 cm³/mol. The molecule has 0 aromatic carbocycles. The van der Waals surface area contributed by atoms with Crippen molar-refractivity contribution >= 4 is 48.9 Å². The third-order valence-corrected chi connectivity index (χ3v) is 7.50. The molecule has 0 bridgehead atoms. The van der Waals surface area contributed by atoms with Crippen LogP contribution < -0.4 is 0 Å². The topological polar surface area (TPSA) is 40.6 Å². The Bertz CT molecular complexity index is 490. The summed E-state index contributed by atoms with van der Waals surface area (Å²) in [7, 11) is -1.39. The molecule has 96 valence electrons. The van der Waals surface area contributed by atoms with Crippen LogP contribution in [0.1, 0.15) is 0 Å². The number of hydrogen-bond acceptors (Lipinski definition) is 4. The maximum atomic E-state index is 12.3. The van der Waals surface area contributed by atoms with Gasteiger partial charge in [0, 0.05) is 26.2 Å². The molecule has 0 unspecified atom stereocenters. The minimum absolute atomic E-state index is 0.305. The Balaban J connectivity index is 2.24. The Hall–Kier alpha value is 0.340. The number of hydrogen-bond donors (Lipinski definition) is 0. The van der Waals surface area contributed by atoms with E-state index in [0.717, 1.165) is 24.4 Å². The standard InChI is InChI=1S/C9H12BrClN2O2S2/c1-12-2-4-13(5-3-12)17(14,15)8-6-7(11)9(10)16-8/h6H,2-5H2,1H3. The van der Waals surface area contributed by atoms with Crippen LogP contribution in [-0.4, -0.2) is 50.8 Å². The van der Waals surface area contributed by atoms with Gasteiger partial charge in [0.2, 0.25) is 0 Å². The lowest BCUT2D eigenvalue weighted by Crippen LogP contribution is -2.46. The summed E-state index contributed by atoms with van der Waals surface area (Å²) in [5, 5.41) is 0.447. The third-order valence-electron chi connectivity index (χ3n) is 2.68. The third kappa shape index (κ3) is 2.85. The highest BCUT2D eigenvalue weighted by molar-refractivity contribution is 9.11. The Morgan fingerprint density at radius 1 is 1.35 bits per heavy atom. The average molecular weight is 360 g/mol. The normalized spacial score (nSPS) is 19.7. The SMILES string of the molecule is CN1CCN(S(=O)(=O)c2cc(Cl)c(Br)s2)CC1. The quantitative estimate of drug-likeness (QED) is 0.812. The molecule has 0 amide bonds. The van der Waals surface area contributed by atoms with Gasteiger partial charge in [-0.15, -0.1) is 11.3 Å². The van der Waals surface area contributed by atoms with Gasteiger partial charge in [-0.25, -0.2) is 8.42 Å². The van der Waals surface area contributed by atoms with E-state index < -0.39 is 10.0 Å². The Kier molecular flexibility index (Phi) is 4.16. The zero-order valence-corrected chi connectivity index (χ0v) is 13.2. The maximum Gasteiger partial charge on any atom is 0.252 e. The molecule has 4 nitrogen and oxygen atoms in total. The number of thiophene rings is 1. The molecular formula is C9H12BrClN2O2S2. The molecule has 1 aromatic heterocycles. The van der Waals surface area contributed by atoms with Gasteiger partial charge in [0.05, 0.1) is 8.81 Å². The molecule has 1 saturated heterocycles. The van der Waals surface area contributed by atoms with Crippen molar-refractivity contribution in [2.75, 3.05) is 33.2 Å². The highest BCUT2D eigenvalue weighted by Gasteiger charge is 2.29. The fraction of sp³-hybridized carbons (Fsp3) is 0.556. The van der Waals surface area contributed by atoms with Gasteiger partial charge >= 0.3 is 0 Å². The Morgan fingerprint density at radius 3 is 2.41 bits per heavy atom. The van der Waals surface area contributed by atoms with Crippen molar-refractivity contribution < 1.29 is 8.42 Å². The summed E-state index contributed by atoms with van der Waals surface area (Å²) in [6.07, 6.45) is 0. The largest absolute Gasteiger partial charge is 0.304 e. The molecule has 17 heavy (non-hydrogen) atoms.